The maximum Gasteiger partial charge on any atom is 0.206 e. The topological polar surface area (TPSA) is 75.1 Å². The standard InChI is InChI=1S/C11H11NO3S/c1-16(14,15)10-6-9(12)11(13)8-5-3-2-4-7(8)10/h2-5,10,12H,6H2,1H3. The van der Waals surface area contributed by atoms with Gasteiger partial charge in [0.2, 0.25) is 5.78 Å². The number of Topliss-reactive ketones (excluding diaryl/α,β-unsaturated/α-hetero) is 1. The maximum atomic E-state index is 11.7. The van der Waals surface area contributed by atoms with Crippen LogP contribution in [0.2, 0.25) is 0 Å². The molecule has 1 aliphatic rings. The summed E-state index contributed by atoms with van der Waals surface area (Å²) < 4.78 is 23.2. The van der Waals surface area contributed by atoms with Crippen LogP contribution in [-0.2, 0) is 9.84 Å². The van der Waals surface area contributed by atoms with E-state index in [0.717, 1.165) is 6.26 Å². The fraction of sp³-hybridized carbons (Fsp3) is 0.273. The van der Waals surface area contributed by atoms with E-state index in [2.05, 4.69) is 0 Å². The van der Waals surface area contributed by atoms with E-state index < -0.39 is 15.1 Å². The summed E-state index contributed by atoms with van der Waals surface area (Å²) in [4.78, 5) is 11.7. The van der Waals surface area contributed by atoms with Crippen LogP contribution in [0.3, 0.4) is 0 Å². The summed E-state index contributed by atoms with van der Waals surface area (Å²) >= 11 is 0. The summed E-state index contributed by atoms with van der Waals surface area (Å²) in [5.74, 6) is -0.365. The number of carbonyl (C=O) groups excluding carboxylic acids is 1. The van der Waals surface area contributed by atoms with Crippen LogP contribution in [0.25, 0.3) is 0 Å². The number of ketones is 1. The number of benzene rings is 1. The van der Waals surface area contributed by atoms with Crippen molar-refractivity contribution in [1.29, 1.82) is 5.41 Å². The summed E-state index contributed by atoms with van der Waals surface area (Å²) in [5, 5.41) is 6.77. The van der Waals surface area contributed by atoms with Crippen LogP contribution in [0.15, 0.2) is 24.3 Å². The Kier molecular flexibility index (Phi) is 2.42. The molecule has 84 valence electrons. The molecule has 0 aliphatic heterocycles. The Morgan fingerprint density at radius 3 is 2.56 bits per heavy atom. The molecule has 0 spiro atoms. The third-order valence-corrected chi connectivity index (χ3v) is 4.19. The Balaban J connectivity index is 2.67. The second-order valence-corrected chi connectivity index (χ2v) is 6.15. The first-order valence-electron chi connectivity index (χ1n) is 4.81. The van der Waals surface area contributed by atoms with Gasteiger partial charge in [-0.25, -0.2) is 8.42 Å². The monoisotopic (exact) mass is 237 g/mol. The summed E-state index contributed by atoms with van der Waals surface area (Å²) in [6.07, 6.45) is 1.12. The molecule has 5 heteroatoms. The van der Waals surface area contributed by atoms with Gasteiger partial charge in [-0.2, -0.15) is 0 Å². The van der Waals surface area contributed by atoms with Gasteiger partial charge >= 0.3 is 0 Å². The summed E-state index contributed by atoms with van der Waals surface area (Å²) in [5.41, 5.74) is 0.731. The average Bonchev–Trinajstić information content (AvgIpc) is 2.22. The fourth-order valence-corrected chi connectivity index (χ4v) is 3.05. The number of nitrogens with one attached hydrogen (secondary N) is 1. The normalized spacial score (nSPS) is 20.7. The molecule has 0 aromatic heterocycles. The van der Waals surface area contributed by atoms with E-state index in [4.69, 9.17) is 5.41 Å². The van der Waals surface area contributed by atoms with Gasteiger partial charge in [-0.05, 0) is 5.56 Å². The van der Waals surface area contributed by atoms with Gasteiger partial charge in [0.05, 0.1) is 11.0 Å². The third-order valence-electron chi connectivity index (χ3n) is 2.73. The number of carbonyl (C=O) groups is 1. The minimum Gasteiger partial charge on any atom is -0.301 e. The molecular weight excluding hydrogens is 226 g/mol. The minimum atomic E-state index is -3.29. The van der Waals surface area contributed by atoms with Crippen LogP contribution >= 0.6 is 0 Å². The second-order valence-electron chi connectivity index (χ2n) is 3.92. The zero-order valence-electron chi connectivity index (χ0n) is 8.73. The molecule has 1 aromatic carbocycles. The number of rotatable bonds is 1. The van der Waals surface area contributed by atoms with Crippen LogP contribution in [0.5, 0.6) is 0 Å². The van der Waals surface area contributed by atoms with E-state index in [1.807, 2.05) is 0 Å². The molecule has 0 amide bonds. The van der Waals surface area contributed by atoms with Crippen molar-refractivity contribution in [2.24, 2.45) is 0 Å². The number of hydrogen-bond donors (Lipinski definition) is 1. The first kappa shape index (κ1) is 11.0. The van der Waals surface area contributed by atoms with Gasteiger partial charge in [0, 0.05) is 18.2 Å². The van der Waals surface area contributed by atoms with E-state index in [-0.39, 0.29) is 17.9 Å². The van der Waals surface area contributed by atoms with Crippen LogP contribution in [0.1, 0.15) is 27.6 Å². The molecule has 1 N–H and O–H groups in total. The van der Waals surface area contributed by atoms with Gasteiger partial charge in [0.15, 0.2) is 9.84 Å². The zero-order chi connectivity index (χ0) is 11.9. The Hall–Kier alpha value is -1.49. The van der Waals surface area contributed by atoms with Crippen LogP contribution in [-0.4, -0.2) is 26.2 Å². The highest BCUT2D eigenvalue weighted by molar-refractivity contribution is 7.91. The van der Waals surface area contributed by atoms with E-state index in [9.17, 15) is 13.2 Å². The van der Waals surface area contributed by atoms with Crippen LogP contribution in [0.4, 0.5) is 0 Å². The lowest BCUT2D eigenvalue weighted by Gasteiger charge is -2.23. The summed E-state index contributed by atoms with van der Waals surface area (Å²) in [7, 11) is -3.29. The molecular formula is C11H11NO3S. The van der Waals surface area contributed by atoms with Gasteiger partial charge in [-0.1, -0.05) is 24.3 Å². The highest BCUT2D eigenvalue weighted by atomic mass is 32.2. The zero-order valence-corrected chi connectivity index (χ0v) is 9.54. The molecule has 16 heavy (non-hydrogen) atoms. The molecule has 0 heterocycles. The lowest BCUT2D eigenvalue weighted by atomic mass is 9.89. The van der Waals surface area contributed by atoms with Crippen molar-refractivity contribution in [3.8, 4) is 0 Å². The molecule has 1 aliphatic carbocycles. The Bertz CT molecular complexity index is 575. The van der Waals surface area contributed by atoms with Gasteiger partial charge in [-0.15, -0.1) is 0 Å². The number of fused-ring (bicyclic) bond motifs is 1. The Morgan fingerprint density at radius 1 is 1.31 bits per heavy atom. The van der Waals surface area contributed by atoms with Crippen molar-refractivity contribution < 1.29 is 13.2 Å². The summed E-state index contributed by atoms with van der Waals surface area (Å²) in [6, 6.07) is 6.60. The predicted octanol–water partition coefficient (Wildman–Crippen LogP) is 1.38. The molecule has 4 nitrogen and oxygen atoms in total. The molecule has 2 rings (SSSR count). The molecule has 1 unspecified atom stereocenters. The van der Waals surface area contributed by atoms with Crippen LogP contribution < -0.4 is 0 Å². The number of sulfone groups is 1. The molecule has 0 fully saturated rings. The van der Waals surface area contributed by atoms with Gasteiger partial charge in [0.1, 0.15) is 0 Å². The van der Waals surface area contributed by atoms with E-state index in [1.165, 1.54) is 0 Å². The minimum absolute atomic E-state index is 0.0192. The molecule has 0 radical (unpaired) electrons. The Labute approximate surface area is 93.7 Å². The first-order chi connectivity index (χ1) is 7.41. The second kappa shape index (κ2) is 3.52. The van der Waals surface area contributed by atoms with Crippen molar-refractivity contribution in [3.63, 3.8) is 0 Å². The molecule has 0 saturated carbocycles. The van der Waals surface area contributed by atoms with Gasteiger partial charge in [-0.3, -0.25) is 4.79 Å². The highest BCUT2D eigenvalue weighted by Crippen LogP contribution is 2.33. The molecule has 1 atom stereocenters. The first-order valence-corrected chi connectivity index (χ1v) is 6.76. The quantitative estimate of drug-likeness (QED) is 0.801. The predicted molar refractivity (Wildman–Crippen MR) is 60.7 cm³/mol. The van der Waals surface area contributed by atoms with E-state index >= 15 is 0 Å². The number of hydrogen-bond acceptors (Lipinski definition) is 4. The van der Waals surface area contributed by atoms with Gasteiger partial charge < -0.3 is 5.41 Å². The van der Waals surface area contributed by atoms with Crippen molar-refractivity contribution in [2.45, 2.75) is 11.7 Å². The third kappa shape index (κ3) is 1.67. The average molecular weight is 237 g/mol. The Morgan fingerprint density at radius 2 is 1.94 bits per heavy atom. The molecule has 1 aromatic rings. The molecule has 0 bridgehead atoms. The lowest BCUT2D eigenvalue weighted by Crippen LogP contribution is -2.28. The van der Waals surface area contributed by atoms with Crippen molar-refractivity contribution in [1.82, 2.24) is 0 Å². The SMILES string of the molecule is CS(=O)(=O)C1CC(=N)C(=O)c2ccccc21. The fourth-order valence-electron chi connectivity index (χ4n) is 1.92. The van der Waals surface area contributed by atoms with E-state index in [0.29, 0.717) is 11.1 Å². The van der Waals surface area contributed by atoms with Crippen LogP contribution in [0, 0.1) is 5.41 Å². The highest BCUT2D eigenvalue weighted by Gasteiger charge is 2.34. The largest absolute Gasteiger partial charge is 0.301 e. The smallest absolute Gasteiger partial charge is 0.206 e. The summed E-state index contributed by atoms with van der Waals surface area (Å²) in [6.45, 7) is 0. The van der Waals surface area contributed by atoms with Crippen molar-refractivity contribution in [2.75, 3.05) is 6.26 Å². The molecule has 0 saturated heterocycles. The maximum absolute atomic E-state index is 11.7. The van der Waals surface area contributed by atoms with Crippen molar-refractivity contribution in [3.05, 3.63) is 35.4 Å². The van der Waals surface area contributed by atoms with Gasteiger partial charge in [0.25, 0.3) is 0 Å². The van der Waals surface area contributed by atoms with Crippen molar-refractivity contribution >= 4 is 21.3 Å². The van der Waals surface area contributed by atoms with E-state index in [1.54, 1.807) is 24.3 Å². The lowest BCUT2D eigenvalue weighted by molar-refractivity contribution is 0.105.